The number of rotatable bonds is 4. The molecule has 0 heterocycles. The number of alkyl halides is 3. The Labute approximate surface area is 89.3 Å². The Bertz CT molecular complexity index is 382. The minimum atomic E-state index is -4.31. The normalized spacial score (nSPS) is 10.9. The zero-order valence-corrected chi connectivity index (χ0v) is 8.11. The molecule has 16 heavy (non-hydrogen) atoms. The number of ether oxygens (including phenoxy) is 1. The van der Waals surface area contributed by atoms with E-state index < -0.39 is 12.8 Å². The summed E-state index contributed by atoms with van der Waals surface area (Å²) in [6.45, 7) is -1.40. The summed E-state index contributed by atoms with van der Waals surface area (Å²) >= 11 is 0. The molecule has 0 aliphatic heterocycles. The average Bonchev–Trinajstić information content (AvgIpc) is 2.19. The first-order valence-corrected chi connectivity index (χ1v) is 4.30. The predicted molar refractivity (Wildman–Crippen MR) is 51.0 cm³/mol. The van der Waals surface area contributed by atoms with Gasteiger partial charge in [0.05, 0.1) is 6.61 Å². The van der Waals surface area contributed by atoms with Gasteiger partial charge in [-0.15, -0.1) is 0 Å². The highest BCUT2D eigenvalue weighted by atomic mass is 19.4. The van der Waals surface area contributed by atoms with Crippen molar-refractivity contribution < 1.29 is 17.9 Å². The summed E-state index contributed by atoms with van der Waals surface area (Å²) in [7, 11) is 0. The maximum atomic E-state index is 11.7. The lowest BCUT2D eigenvalue weighted by Gasteiger charge is -2.07. The van der Waals surface area contributed by atoms with E-state index in [1.165, 1.54) is 12.1 Å². The van der Waals surface area contributed by atoms with E-state index in [9.17, 15) is 13.2 Å². The molecule has 0 aliphatic rings. The molecule has 0 radical (unpaired) electrons. The molecule has 0 aliphatic carbocycles. The Hall–Kier alpha value is -1.72. The molecular formula is C9H8F3N3O. The second-order valence-corrected chi connectivity index (χ2v) is 2.96. The molecule has 1 aromatic carbocycles. The molecule has 0 spiro atoms. The predicted octanol–water partition coefficient (Wildman–Crippen LogP) is 3.71. The van der Waals surface area contributed by atoms with Gasteiger partial charge in [-0.25, -0.2) is 0 Å². The van der Waals surface area contributed by atoms with E-state index in [0.717, 1.165) is 0 Å². The van der Waals surface area contributed by atoms with Crippen LogP contribution in [0, 0.1) is 0 Å². The summed E-state index contributed by atoms with van der Waals surface area (Å²) < 4.78 is 39.7. The van der Waals surface area contributed by atoms with E-state index in [2.05, 4.69) is 14.8 Å². The van der Waals surface area contributed by atoms with E-state index in [1.54, 1.807) is 12.1 Å². The van der Waals surface area contributed by atoms with Gasteiger partial charge in [0.2, 0.25) is 0 Å². The van der Waals surface area contributed by atoms with Crippen LogP contribution in [-0.2, 0) is 11.3 Å². The molecule has 0 N–H and O–H groups in total. The maximum Gasteiger partial charge on any atom is 0.411 e. The lowest BCUT2D eigenvalue weighted by atomic mass is 10.2. The van der Waals surface area contributed by atoms with E-state index in [-0.39, 0.29) is 6.61 Å². The van der Waals surface area contributed by atoms with Gasteiger partial charge in [0, 0.05) is 10.6 Å². The van der Waals surface area contributed by atoms with Crippen LogP contribution < -0.4 is 0 Å². The maximum absolute atomic E-state index is 11.7. The smallest absolute Gasteiger partial charge is 0.367 e. The number of azide groups is 1. The van der Waals surface area contributed by atoms with E-state index in [0.29, 0.717) is 11.3 Å². The van der Waals surface area contributed by atoms with Gasteiger partial charge in [0.15, 0.2) is 0 Å². The molecule has 0 saturated carbocycles. The summed E-state index contributed by atoms with van der Waals surface area (Å²) in [5, 5.41) is 3.33. The van der Waals surface area contributed by atoms with Crippen molar-refractivity contribution in [3.63, 3.8) is 0 Å². The molecule has 0 saturated heterocycles. The van der Waals surface area contributed by atoms with Crippen LogP contribution in [0.4, 0.5) is 18.9 Å². The van der Waals surface area contributed by atoms with Crippen LogP contribution in [-0.4, -0.2) is 12.8 Å². The highest BCUT2D eigenvalue weighted by molar-refractivity contribution is 5.38. The Morgan fingerprint density at radius 3 is 2.38 bits per heavy atom. The van der Waals surface area contributed by atoms with E-state index in [1.807, 2.05) is 0 Å². The number of nitrogens with zero attached hydrogens (tertiary/aromatic N) is 3. The third-order valence-corrected chi connectivity index (χ3v) is 1.63. The number of hydrogen-bond donors (Lipinski definition) is 0. The standard InChI is InChI=1S/C9H8F3N3O/c10-9(11,12)6-16-5-7-1-3-8(4-2-7)14-15-13/h1-4H,5-6H2. The second kappa shape index (κ2) is 5.39. The van der Waals surface area contributed by atoms with Crippen LogP contribution in [0.15, 0.2) is 29.4 Å². The molecule has 0 bridgehead atoms. The lowest BCUT2D eigenvalue weighted by Crippen LogP contribution is -2.16. The summed E-state index contributed by atoms with van der Waals surface area (Å²) in [4.78, 5) is 2.58. The summed E-state index contributed by atoms with van der Waals surface area (Å²) in [6, 6.07) is 6.10. The molecule has 0 aromatic heterocycles. The fourth-order valence-corrected chi connectivity index (χ4v) is 0.995. The third kappa shape index (κ3) is 4.68. The molecular weight excluding hydrogens is 223 g/mol. The van der Waals surface area contributed by atoms with Crippen LogP contribution in [0.5, 0.6) is 0 Å². The molecule has 1 rings (SSSR count). The second-order valence-electron chi connectivity index (χ2n) is 2.96. The molecule has 7 heteroatoms. The average molecular weight is 231 g/mol. The fourth-order valence-electron chi connectivity index (χ4n) is 0.995. The van der Waals surface area contributed by atoms with Gasteiger partial charge in [0.1, 0.15) is 6.61 Å². The molecule has 0 atom stereocenters. The molecule has 0 fully saturated rings. The summed E-state index contributed by atoms with van der Waals surface area (Å²) in [5.74, 6) is 0. The topological polar surface area (TPSA) is 58.0 Å². The minimum Gasteiger partial charge on any atom is -0.367 e. The van der Waals surface area contributed by atoms with Gasteiger partial charge >= 0.3 is 6.18 Å². The summed E-state index contributed by atoms with van der Waals surface area (Å²) in [6.07, 6.45) is -4.31. The molecule has 4 nitrogen and oxygen atoms in total. The van der Waals surface area contributed by atoms with Gasteiger partial charge in [0.25, 0.3) is 0 Å². The molecule has 0 unspecified atom stereocenters. The van der Waals surface area contributed by atoms with Gasteiger partial charge in [-0.3, -0.25) is 0 Å². The highest BCUT2D eigenvalue weighted by Crippen LogP contribution is 2.17. The van der Waals surface area contributed by atoms with Crippen molar-refractivity contribution in [3.05, 3.63) is 40.3 Å². The van der Waals surface area contributed by atoms with Crippen LogP contribution >= 0.6 is 0 Å². The lowest BCUT2D eigenvalue weighted by molar-refractivity contribution is -0.176. The quantitative estimate of drug-likeness (QED) is 0.442. The summed E-state index contributed by atoms with van der Waals surface area (Å²) in [5.41, 5.74) is 9.12. The van der Waals surface area contributed by atoms with Crippen LogP contribution in [0.3, 0.4) is 0 Å². The van der Waals surface area contributed by atoms with Crippen molar-refractivity contribution in [1.82, 2.24) is 0 Å². The van der Waals surface area contributed by atoms with Crippen molar-refractivity contribution in [1.29, 1.82) is 0 Å². The van der Waals surface area contributed by atoms with Crippen molar-refractivity contribution in [3.8, 4) is 0 Å². The Kier molecular flexibility index (Phi) is 4.16. The van der Waals surface area contributed by atoms with E-state index >= 15 is 0 Å². The van der Waals surface area contributed by atoms with Crippen molar-refractivity contribution in [2.75, 3.05) is 6.61 Å². The number of benzene rings is 1. The highest BCUT2D eigenvalue weighted by Gasteiger charge is 2.27. The van der Waals surface area contributed by atoms with Gasteiger partial charge < -0.3 is 4.74 Å². The van der Waals surface area contributed by atoms with Gasteiger partial charge in [-0.05, 0) is 11.1 Å². The van der Waals surface area contributed by atoms with Crippen molar-refractivity contribution >= 4 is 5.69 Å². The SMILES string of the molecule is [N-]=[N+]=Nc1ccc(COCC(F)(F)F)cc1. The van der Waals surface area contributed by atoms with Gasteiger partial charge in [-0.2, -0.15) is 13.2 Å². The van der Waals surface area contributed by atoms with Crippen molar-refractivity contribution in [2.45, 2.75) is 12.8 Å². The monoisotopic (exact) mass is 231 g/mol. The van der Waals surface area contributed by atoms with Gasteiger partial charge in [-0.1, -0.05) is 29.4 Å². The van der Waals surface area contributed by atoms with E-state index in [4.69, 9.17) is 5.53 Å². The Balaban J connectivity index is 2.46. The Morgan fingerprint density at radius 1 is 1.25 bits per heavy atom. The fraction of sp³-hybridized carbons (Fsp3) is 0.333. The molecule has 1 aromatic rings. The Morgan fingerprint density at radius 2 is 1.88 bits per heavy atom. The number of halogens is 3. The first-order valence-electron chi connectivity index (χ1n) is 4.30. The van der Waals surface area contributed by atoms with Crippen LogP contribution in [0.25, 0.3) is 10.4 Å². The first-order chi connectivity index (χ1) is 7.51. The third-order valence-electron chi connectivity index (χ3n) is 1.63. The van der Waals surface area contributed by atoms with Crippen LogP contribution in [0.1, 0.15) is 5.56 Å². The van der Waals surface area contributed by atoms with Crippen molar-refractivity contribution in [2.24, 2.45) is 5.11 Å². The zero-order valence-electron chi connectivity index (χ0n) is 8.11. The zero-order chi connectivity index (χ0) is 12.0. The van der Waals surface area contributed by atoms with Crippen LogP contribution in [0.2, 0.25) is 0 Å². The minimum absolute atomic E-state index is 0.129. The first kappa shape index (κ1) is 12.4. The largest absolute Gasteiger partial charge is 0.411 e. The number of hydrogen-bond acceptors (Lipinski definition) is 2. The molecule has 0 amide bonds. The molecule has 86 valence electrons.